The molecular weight excluding hydrogens is 368 g/mol. The first kappa shape index (κ1) is 20.5. The molecule has 0 aliphatic rings. The van der Waals surface area contributed by atoms with Gasteiger partial charge in [-0.3, -0.25) is 29.8 Å². The molecular formula is C18H18N4O6. The molecule has 10 heteroatoms. The van der Waals surface area contributed by atoms with Crippen molar-refractivity contribution < 1.29 is 19.4 Å². The van der Waals surface area contributed by atoms with Gasteiger partial charge in [0.25, 0.3) is 17.3 Å². The van der Waals surface area contributed by atoms with E-state index < -0.39 is 33.0 Å². The van der Waals surface area contributed by atoms with E-state index in [2.05, 4.69) is 0 Å². The number of nitro groups is 2. The second-order valence-corrected chi connectivity index (χ2v) is 6.00. The molecule has 10 nitrogen and oxygen atoms in total. The molecule has 0 heterocycles. The van der Waals surface area contributed by atoms with Gasteiger partial charge in [-0.1, -0.05) is 30.3 Å². The SMILES string of the molecule is NC(=O)CCN(CCc1ccccc1)C(=O)c1cc([N+](=O)[O-])cc([N+](=O)[O-])c1. The molecule has 0 bridgehead atoms. The smallest absolute Gasteiger partial charge is 0.277 e. The zero-order valence-corrected chi connectivity index (χ0v) is 14.8. The lowest BCUT2D eigenvalue weighted by Gasteiger charge is -2.22. The van der Waals surface area contributed by atoms with E-state index >= 15 is 0 Å². The zero-order chi connectivity index (χ0) is 20.7. The summed E-state index contributed by atoms with van der Waals surface area (Å²) >= 11 is 0. The summed E-state index contributed by atoms with van der Waals surface area (Å²) in [5.41, 5.74) is 4.79. The van der Waals surface area contributed by atoms with Crippen LogP contribution in [-0.2, 0) is 11.2 Å². The molecule has 28 heavy (non-hydrogen) atoms. The lowest BCUT2D eigenvalue weighted by Crippen LogP contribution is -2.35. The molecule has 0 aromatic heterocycles. The summed E-state index contributed by atoms with van der Waals surface area (Å²) in [6, 6.07) is 12.0. The first-order chi connectivity index (χ1) is 13.3. The molecule has 2 aromatic rings. The van der Waals surface area contributed by atoms with Gasteiger partial charge in [-0.15, -0.1) is 0 Å². The van der Waals surface area contributed by atoms with Gasteiger partial charge < -0.3 is 10.6 Å². The first-order valence-corrected chi connectivity index (χ1v) is 8.33. The van der Waals surface area contributed by atoms with Crippen molar-refractivity contribution in [3.63, 3.8) is 0 Å². The van der Waals surface area contributed by atoms with Crippen LogP contribution < -0.4 is 5.73 Å². The Morgan fingerprint density at radius 2 is 1.50 bits per heavy atom. The zero-order valence-electron chi connectivity index (χ0n) is 14.8. The Morgan fingerprint density at radius 1 is 0.929 bits per heavy atom. The van der Waals surface area contributed by atoms with Crippen LogP contribution in [0.25, 0.3) is 0 Å². The summed E-state index contributed by atoms with van der Waals surface area (Å²) in [4.78, 5) is 45.8. The van der Waals surface area contributed by atoms with Crippen molar-refractivity contribution >= 4 is 23.2 Å². The number of nitrogens with two attached hydrogens (primary N) is 1. The highest BCUT2D eigenvalue weighted by Crippen LogP contribution is 2.24. The van der Waals surface area contributed by atoms with Crippen LogP contribution in [0.3, 0.4) is 0 Å². The average molecular weight is 386 g/mol. The molecule has 0 spiro atoms. The number of non-ortho nitro benzene ring substituents is 2. The Labute approximate surface area is 159 Å². The molecule has 146 valence electrons. The molecule has 0 aliphatic heterocycles. The van der Waals surface area contributed by atoms with Crippen LogP contribution in [0.1, 0.15) is 22.3 Å². The monoisotopic (exact) mass is 386 g/mol. The van der Waals surface area contributed by atoms with Crippen LogP contribution in [0, 0.1) is 20.2 Å². The summed E-state index contributed by atoms with van der Waals surface area (Å²) in [6.07, 6.45) is 0.375. The molecule has 0 fully saturated rings. The summed E-state index contributed by atoms with van der Waals surface area (Å²) < 4.78 is 0. The largest absolute Gasteiger partial charge is 0.370 e. The summed E-state index contributed by atoms with van der Waals surface area (Å²) in [5, 5.41) is 22.1. The van der Waals surface area contributed by atoms with Gasteiger partial charge in [-0.05, 0) is 12.0 Å². The minimum absolute atomic E-state index is 0.00249. The number of primary amides is 1. The lowest BCUT2D eigenvalue weighted by molar-refractivity contribution is -0.394. The van der Waals surface area contributed by atoms with Gasteiger partial charge in [0, 0.05) is 31.6 Å². The Kier molecular flexibility index (Phi) is 6.74. The van der Waals surface area contributed by atoms with Crippen LogP contribution in [0.5, 0.6) is 0 Å². The Hall–Kier alpha value is -3.82. The number of hydrogen-bond donors (Lipinski definition) is 1. The van der Waals surface area contributed by atoms with E-state index in [-0.39, 0.29) is 25.1 Å². The van der Waals surface area contributed by atoms with Crippen molar-refractivity contribution in [3.05, 3.63) is 79.9 Å². The fourth-order valence-corrected chi connectivity index (χ4v) is 2.58. The van der Waals surface area contributed by atoms with E-state index in [1.807, 2.05) is 30.3 Å². The van der Waals surface area contributed by atoms with Crippen molar-refractivity contribution in [2.75, 3.05) is 13.1 Å². The fourth-order valence-electron chi connectivity index (χ4n) is 2.58. The van der Waals surface area contributed by atoms with Crippen molar-refractivity contribution in [2.24, 2.45) is 5.73 Å². The number of benzene rings is 2. The number of nitro benzene ring substituents is 2. The number of carbonyl (C=O) groups excluding carboxylic acids is 2. The Bertz CT molecular complexity index is 868. The van der Waals surface area contributed by atoms with Gasteiger partial charge in [0.15, 0.2) is 0 Å². The minimum Gasteiger partial charge on any atom is -0.370 e. The number of amides is 2. The minimum atomic E-state index is -0.804. The van der Waals surface area contributed by atoms with Crippen LogP contribution in [0.15, 0.2) is 48.5 Å². The molecule has 2 amide bonds. The summed E-state index contributed by atoms with van der Waals surface area (Å²) in [7, 11) is 0. The molecule has 0 atom stereocenters. The maximum absolute atomic E-state index is 12.9. The van der Waals surface area contributed by atoms with Crippen molar-refractivity contribution in [1.29, 1.82) is 0 Å². The summed E-state index contributed by atoms with van der Waals surface area (Å²) in [6.45, 7) is 0.212. The highest BCUT2D eigenvalue weighted by atomic mass is 16.6. The van der Waals surface area contributed by atoms with E-state index in [9.17, 15) is 29.8 Å². The number of hydrogen-bond acceptors (Lipinski definition) is 6. The van der Waals surface area contributed by atoms with Gasteiger partial charge in [-0.2, -0.15) is 0 Å². The van der Waals surface area contributed by atoms with Crippen LogP contribution in [0.2, 0.25) is 0 Å². The van der Waals surface area contributed by atoms with Gasteiger partial charge >= 0.3 is 0 Å². The standard InChI is InChI=1S/C18H18N4O6/c19-17(23)7-9-20(8-6-13-4-2-1-3-5-13)18(24)14-10-15(21(25)26)12-16(11-14)22(27)28/h1-5,10-12H,6-9H2,(H2,19,23). The third kappa shape index (κ3) is 5.59. The summed E-state index contributed by atoms with van der Waals surface area (Å²) in [5.74, 6) is -1.26. The van der Waals surface area contributed by atoms with E-state index in [0.29, 0.717) is 6.42 Å². The fraction of sp³-hybridized carbons (Fsp3) is 0.222. The Balaban J connectivity index is 2.30. The lowest BCUT2D eigenvalue weighted by atomic mass is 10.1. The van der Waals surface area contributed by atoms with Crippen LogP contribution in [-0.4, -0.2) is 39.7 Å². The van der Waals surface area contributed by atoms with E-state index in [0.717, 1.165) is 23.8 Å². The molecule has 0 saturated carbocycles. The third-order valence-corrected chi connectivity index (χ3v) is 4.00. The number of carbonyl (C=O) groups is 2. The molecule has 2 rings (SSSR count). The van der Waals surface area contributed by atoms with Gasteiger partial charge in [0.05, 0.1) is 21.5 Å². The predicted octanol–water partition coefficient (Wildman–Crippen LogP) is 2.06. The van der Waals surface area contributed by atoms with Crippen molar-refractivity contribution in [2.45, 2.75) is 12.8 Å². The first-order valence-electron chi connectivity index (χ1n) is 8.33. The second kappa shape index (κ2) is 9.21. The molecule has 0 unspecified atom stereocenters. The maximum Gasteiger partial charge on any atom is 0.277 e. The highest BCUT2D eigenvalue weighted by Gasteiger charge is 2.23. The molecule has 0 saturated heterocycles. The molecule has 0 aliphatic carbocycles. The van der Waals surface area contributed by atoms with Gasteiger partial charge in [0.2, 0.25) is 5.91 Å². The molecule has 2 N–H and O–H groups in total. The highest BCUT2D eigenvalue weighted by molar-refractivity contribution is 5.96. The number of nitrogens with zero attached hydrogens (tertiary/aromatic N) is 3. The van der Waals surface area contributed by atoms with E-state index in [1.165, 1.54) is 4.90 Å². The average Bonchev–Trinajstić information content (AvgIpc) is 2.67. The maximum atomic E-state index is 12.9. The van der Waals surface area contributed by atoms with Crippen molar-refractivity contribution in [3.8, 4) is 0 Å². The molecule has 0 radical (unpaired) electrons. The van der Waals surface area contributed by atoms with Crippen LogP contribution in [0.4, 0.5) is 11.4 Å². The van der Waals surface area contributed by atoms with E-state index in [1.54, 1.807) is 0 Å². The van der Waals surface area contributed by atoms with Crippen LogP contribution >= 0.6 is 0 Å². The van der Waals surface area contributed by atoms with Crippen molar-refractivity contribution in [1.82, 2.24) is 4.90 Å². The Morgan fingerprint density at radius 3 is 2.00 bits per heavy atom. The predicted molar refractivity (Wildman–Crippen MR) is 99.6 cm³/mol. The third-order valence-electron chi connectivity index (χ3n) is 4.00. The van der Waals surface area contributed by atoms with E-state index in [4.69, 9.17) is 5.73 Å². The quantitative estimate of drug-likeness (QED) is 0.515. The van der Waals surface area contributed by atoms with Gasteiger partial charge in [0.1, 0.15) is 0 Å². The normalized spacial score (nSPS) is 10.3. The van der Waals surface area contributed by atoms with Gasteiger partial charge in [-0.25, -0.2) is 0 Å². The molecule has 2 aromatic carbocycles. The second-order valence-electron chi connectivity index (χ2n) is 6.00. The topological polar surface area (TPSA) is 150 Å². The number of rotatable bonds is 9.